The van der Waals surface area contributed by atoms with Crippen LogP contribution in [0.4, 0.5) is 5.69 Å². The van der Waals surface area contributed by atoms with Crippen molar-refractivity contribution < 1.29 is 4.79 Å². The zero-order valence-electron chi connectivity index (χ0n) is 11.3. The number of amides is 1. The molecule has 0 aliphatic rings. The fourth-order valence-corrected chi connectivity index (χ4v) is 1.96. The van der Waals surface area contributed by atoms with E-state index in [0.717, 1.165) is 19.3 Å². The predicted molar refractivity (Wildman–Crippen MR) is 73.1 cm³/mol. The number of hydrogen-bond acceptors (Lipinski definition) is 4. The first-order valence-electron chi connectivity index (χ1n) is 6.36. The highest BCUT2D eigenvalue weighted by Gasteiger charge is 2.26. The van der Waals surface area contributed by atoms with Crippen LogP contribution in [-0.2, 0) is 0 Å². The van der Waals surface area contributed by atoms with Gasteiger partial charge in [-0.1, -0.05) is 20.8 Å². The summed E-state index contributed by atoms with van der Waals surface area (Å²) in [5, 5.41) is 3.08. The van der Waals surface area contributed by atoms with Crippen LogP contribution in [0.2, 0.25) is 0 Å². The van der Waals surface area contributed by atoms with Crippen molar-refractivity contribution in [1.82, 2.24) is 10.3 Å². The molecule has 0 spiro atoms. The highest BCUT2D eigenvalue weighted by Crippen LogP contribution is 2.20. The summed E-state index contributed by atoms with van der Waals surface area (Å²) < 4.78 is 0. The van der Waals surface area contributed by atoms with E-state index in [1.807, 2.05) is 0 Å². The number of carbonyl (C=O) groups excluding carboxylic acids is 1. The Labute approximate surface area is 108 Å². The average molecular weight is 250 g/mol. The van der Waals surface area contributed by atoms with Gasteiger partial charge in [-0.15, -0.1) is 0 Å². The molecule has 0 saturated heterocycles. The van der Waals surface area contributed by atoms with E-state index in [1.54, 1.807) is 18.3 Å². The minimum absolute atomic E-state index is 0.148. The van der Waals surface area contributed by atoms with Gasteiger partial charge in [0.25, 0.3) is 5.91 Å². The smallest absolute Gasteiger partial charge is 0.270 e. The van der Waals surface area contributed by atoms with E-state index in [0.29, 0.717) is 11.4 Å². The Bertz CT molecular complexity index is 393. The lowest BCUT2D eigenvalue weighted by molar-refractivity contribution is 0.0883. The largest absolute Gasteiger partial charge is 0.345 e. The van der Waals surface area contributed by atoms with Gasteiger partial charge < -0.3 is 10.7 Å². The number of anilines is 1. The monoisotopic (exact) mass is 250 g/mol. The van der Waals surface area contributed by atoms with Crippen LogP contribution < -0.4 is 16.6 Å². The third kappa shape index (κ3) is 3.20. The zero-order valence-corrected chi connectivity index (χ0v) is 11.3. The van der Waals surface area contributed by atoms with Crippen LogP contribution in [0.5, 0.6) is 0 Å². The molecule has 0 aromatic carbocycles. The fraction of sp³-hybridized carbons (Fsp3) is 0.538. The Morgan fingerprint density at radius 2 is 1.94 bits per heavy atom. The van der Waals surface area contributed by atoms with Gasteiger partial charge in [0.15, 0.2) is 0 Å². The summed E-state index contributed by atoms with van der Waals surface area (Å²) in [6, 6.07) is 3.35. The predicted octanol–water partition coefficient (Wildman–Crippen LogP) is 2.07. The molecule has 100 valence electrons. The number of nitrogens with one attached hydrogen (secondary N) is 2. The molecule has 0 aliphatic heterocycles. The van der Waals surface area contributed by atoms with Crippen LogP contribution in [0, 0.1) is 0 Å². The van der Waals surface area contributed by atoms with Crippen molar-refractivity contribution in [2.45, 2.75) is 45.6 Å². The quantitative estimate of drug-likeness (QED) is 0.533. The number of aromatic nitrogens is 1. The fourth-order valence-electron chi connectivity index (χ4n) is 1.96. The van der Waals surface area contributed by atoms with Crippen LogP contribution in [0.15, 0.2) is 18.3 Å². The van der Waals surface area contributed by atoms with Gasteiger partial charge in [-0.3, -0.25) is 15.6 Å². The molecule has 18 heavy (non-hydrogen) atoms. The Kier molecular flexibility index (Phi) is 5.09. The summed E-state index contributed by atoms with van der Waals surface area (Å²) in [6.45, 7) is 6.25. The van der Waals surface area contributed by atoms with Crippen LogP contribution in [0.1, 0.15) is 50.5 Å². The molecule has 0 radical (unpaired) electrons. The SMILES string of the molecule is CCC(CC)(CC)NC(=O)c1cc(NN)ccn1. The first-order chi connectivity index (χ1) is 8.60. The van der Waals surface area contributed by atoms with Gasteiger partial charge in [0, 0.05) is 11.7 Å². The number of nitrogens with zero attached hydrogens (tertiary/aromatic N) is 1. The molecule has 0 atom stereocenters. The molecule has 1 aromatic rings. The lowest BCUT2D eigenvalue weighted by atomic mass is 9.89. The molecule has 1 aromatic heterocycles. The van der Waals surface area contributed by atoms with Crippen molar-refractivity contribution in [3.05, 3.63) is 24.0 Å². The molecular weight excluding hydrogens is 228 g/mol. The molecule has 5 nitrogen and oxygen atoms in total. The second-order valence-corrected chi connectivity index (χ2v) is 4.37. The maximum absolute atomic E-state index is 12.2. The van der Waals surface area contributed by atoms with Crippen molar-refractivity contribution >= 4 is 11.6 Å². The molecule has 1 amide bonds. The van der Waals surface area contributed by atoms with E-state index in [4.69, 9.17) is 5.84 Å². The highest BCUT2D eigenvalue weighted by molar-refractivity contribution is 5.93. The van der Waals surface area contributed by atoms with E-state index in [-0.39, 0.29) is 11.4 Å². The molecule has 0 saturated carbocycles. The molecular formula is C13H22N4O. The van der Waals surface area contributed by atoms with Crippen molar-refractivity contribution in [3.8, 4) is 0 Å². The van der Waals surface area contributed by atoms with Crippen molar-refractivity contribution in [2.75, 3.05) is 5.43 Å². The number of nitrogens with two attached hydrogens (primary N) is 1. The van der Waals surface area contributed by atoms with Crippen molar-refractivity contribution in [1.29, 1.82) is 0 Å². The van der Waals surface area contributed by atoms with Crippen molar-refractivity contribution in [3.63, 3.8) is 0 Å². The van der Waals surface area contributed by atoms with E-state index in [2.05, 4.69) is 36.5 Å². The number of nitrogen functional groups attached to an aromatic ring is 1. The molecule has 1 rings (SSSR count). The topological polar surface area (TPSA) is 80.0 Å². The molecule has 1 heterocycles. The summed E-state index contributed by atoms with van der Waals surface area (Å²) >= 11 is 0. The minimum atomic E-state index is -0.155. The third-order valence-electron chi connectivity index (χ3n) is 3.57. The zero-order chi connectivity index (χ0) is 13.6. The lowest BCUT2D eigenvalue weighted by Crippen LogP contribution is -2.47. The summed E-state index contributed by atoms with van der Waals surface area (Å²) in [7, 11) is 0. The Hall–Kier alpha value is -1.62. The average Bonchev–Trinajstić information content (AvgIpc) is 2.44. The van der Waals surface area contributed by atoms with Crippen molar-refractivity contribution in [2.24, 2.45) is 5.84 Å². The van der Waals surface area contributed by atoms with Gasteiger partial charge in [0.05, 0.1) is 5.69 Å². The number of pyridine rings is 1. The van der Waals surface area contributed by atoms with E-state index >= 15 is 0 Å². The maximum atomic E-state index is 12.2. The van der Waals surface area contributed by atoms with Gasteiger partial charge in [-0.25, -0.2) is 0 Å². The number of rotatable bonds is 6. The molecule has 4 N–H and O–H groups in total. The number of carbonyl (C=O) groups is 1. The van der Waals surface area contributed by atoms with Gasteiger partial charge in [0.2, 0.25) is 0 Å². The summed E-state index contributed by atoms with van der Waals surface area (Å²) in [4.78, 5) is 16.2. The summed E-state index contributed by atoms with van der Waals surface area (Å²) in [6.07, 6.45) is 4.28. The summed E-state index contributed by atoms with van der Waals surface area (Å²) in [5.41, 5.74) is 3.41. The van der Waals surface area contributed by atoms with Gasteiger partial charge in [0.1, 0.15) is 5.69 Å². The van der Waals surface area contributed by atoms with Crippen LogP contribution in [0.3, 0.4) is 0 Å². The van der Waals surface area contributed by atoms with E-state index in [1.165, 1.54) is 0 Å². The first-order valence-corrected chi connectivity index (χ1v) is 6.36. The number of hydrogen-bond donors (Lipinski definition) is 3. The van der Waals surface area contributed by atoms with Crippen LogP contribution >= 0.6 is 0 Å². The van der Waals surface area contributed by atoms with Gasteiger partial charge in [-0.05, 0) is 31.4 Å². The van der Waals surface area contributed by atoms with Crippen LogP contribution in [0.25, 0.3) is 0 Å². The Morgan fingerprint density at radius 3 is 2.44 bits per heavy atom. The van der Waals surface area contributed by atoms with E-state index < -0.39 is 0 Å². The second-order valence-electron chi connectivity index (χ2n) is 4.37. The molecule has 5 heteroatoms. The minimum Gasteiger partial charge on any atom is -0.345 e. The maximum Gasteiger partial charge on any atom is 0.270 e. The Balaban J connectivity index is 2.86. The van der Waals surface area contributed by atoms with Crippen LogP contribution in [-0.4, -0.2) is 16.4 Å². The highest BCUT2D eigenvalue weighted by atomic mass is 16.2. The molecule has 0 aliphatic carbocycles. The molecule has 0 bridgehead atoms. The standard InChI is InChI=1S/C13H22N4O/c1-4-13(5-2,6-3)16-12(18)11-9-10(17-14)7-8-15-11/h7-9H,4-6,14H2,1-3H3,(H,15,17)(H,16,18). The first kappa shape index (κ1) is 14.4. The summed E-state index contributed by atoms with van der Waals surface area (Å²) in [5.74, 6) is 5.16. The van der Waals surface area contributed by atoms with Gasteiger partial charge in [-0.2, -0.15) is 0 Å². The lowest BCUT2D eigenvalue weighted by Gasteiger charge is -2.31. The normalized spacial score (nSPS) is 11.1. The molecule has 0 fully saturated rings. The third-order valence-corrected chi connectivity index (χ3v) is 3.57. The Morgan fingerprint density at radius 1 is 1.33 bits per heavy atom. The van der Waals surface area contributed by atoms with E-state index in [9.17, 15) is 4.79 Å². The second kappa shape index (κ2) is 6.35. The van der Waals surface area contributed by atoms with Gasteiger partial charge >= 0.3 is 0 Å². The number of hydrazine groups is 1. The molecule has 0 unspecified atom stereocenters.